The van der Waals surface area contributed by atoms with Crippen molar-refractivity contribution in [3.05, 3.63) is 111 Å². The minimum atomic E-state index is -0.362. The minimum Gasteiger partial charge on any atom is -0.342 e. The van der Waals surface area contributed by atoms with Crippen molar-refractivity contribution in [2.75, 3.05) is 4.90 Å². The summed E-state index contributed by atoms with van der Waals surface area (Å²) >= 11 is 6.82. The van der Waals surface area contributed by atoms with Crippen molar-refractivity contribution >= 4 is 62.6 Å². The van der Waals surface area contributed by atoms with E-state index in [0.717, 1.165) is 27.7 Å². The molecule has 0 spiro atoms. The van der Waals surface area contributed by atoms with E-state index in [-0.39, 0.29) is 16.5 Å². The van der Waals surface area contributed by atoms with Gasteiger partial charge >= 0.3 is 0 Å². The van der Waals surface area contributed by atoms with E-state index in [1.54, 1.807) is 23.1 Å². The third-order valence-electron chi connectivity index (χ3n) is 5.79. The second-order valence-electron chi connectivity index (χ2n) is 7.92. The van der Waals surface area contributed by atoms with Crippen molar-refractivity contribution < 1.29 is 9.72 Å². The second-order valence-corrected chi connectivity index (χ2v) is 9.59. The van der Waals surface area contributed by atoms with E-state index in [1.807, 2.05) is 72.3 Å². The number of thioether (sulfide) groups is 1. The molecule has 2 heterocycles. The third-order valence-corrected chi connectivity index (χ3v) is 7.09. The van der Waals surface area contributed by atoms with Crippen LogP contribution in [0.2, 0.25) is 0 Å². The Kier molecular flexibility index (Phi) is 5.77. The molecule has 0 atom stereocenters. The van der Waals surface area contributed by atoms with Crippen LogP contribution >= 0.6 is 24.0 Å². The van der Waals surface area contributed by atoms with Crippen LogP contribution in [0.3, 0.4) is 0 Å². The fourth-order valence-corrected chi connectivity index (χ4v) is 5.43. The molecule has 1 aliphatic rings. The quantitative estimate of drug-likeness (QED) is 0.143. The molecule has 0 radical (unpaired) electrons. The predicted octanol–water partition coefficient (Wildman–Crippen LogP) is 6.31. The number of rotatable bonds is 5. The molecule has 0 unspecified atom stereocenters. The molecule has 1 aromatic heterocycles. The van der Waals surface area contributed by atoms with Crippen LogP contribution in [0.15, 0.2) is 83.9 Å². The first-order valence-electron chi connectivity index (χ1n) is 10.6. The first kappa shape index (κ1) is 22.1. The number of anilines is 1. The molecule has 4 aromatic rings. The summed E-state index contributed by atoms with van der Waals surface area (Å²) in [5.74, 6) is -0.153. The number of hydrogen-bond acceptors (Lipinski definition) is 5. The summed E-state index contributed by atoms with van der Waals surface area (Å²) in [6, 6.07) is 22.2. The van der Waals surface area contributed by atoms with Gasteiger partial charge in [0.05, 0.1) is 22.1 Å². The largest absolute Gasteiger partial charge is 0.342 e. The Morgan fingerprint density at radius 2 is 1.74 bits per heavy atom. The molecule has 1 saturated heterocycles. The van der Waals surface area contributed by atoms with Gasteiger partial charge in [0.1, 0.15) is 0 Å². The summed E-state index contributed by atoms with van der Waals surface area (Å²) < 4.78 is 2.47. The van der Waals surface area contributed by atoms with Gasteiger partial charge in [-0.05, 0) is 30.7 Å². The molecule has 1 fully saturated rings. The lowest BCUT2D eigenvalue weighted by atomic mass is 10.1. The molecule has 0 bridgehead atoms. The Bertz CT molecular complexity index is 1510. The van der Waals surface area contributed by atoms with Crippen LogP contribution in [0, 0.1) is 17.0 Å². The lowest BCUT2D eigenvalue weighted by molar-refractivity contribution is -0.385. The number of amides is 1. The highest BCUT2D eigenvalue weighted by Gasteiger charge is 2.34. The number of fused-ring (bicyclic) bond motifs is 1. The smallest absolute Gasteiger partial charge is 0.274 e. The van der Waals surface area contributed by atoms with Crippen molar-refractivity contribution in [3.8, 4) is 0 Å². The third kappa shape index (κ3) is 3.91. The number of nitro benzene ring substituents is 1. The highest BCUT2D eigenvalue weighted by Crippen LogP contribution is 2.38. The van der Waals surface area contributed by atoms with Crippen LogP contribution in [-0.4, -0.2) is 19.7 Å². The maximum atomic E-state index is 13.3. The zero-order valence-electron chi connectivity index (χ0n) is 18.2. The summed E-state index contributed by atoms with van der Waals surface area (Å²) in [5.41, 5.74) is 4.25. The Morgan fingerprint density at radius 1 is 1.03 bits per heavy atom. The maximum Gasteiger partial charge on any atom is 0.274 e. The van der Waals surface area contributed by atoms with Gasteiger partial charge < -0.3 is 4.57 Å². The number of nitro groups is 1. The molecule has 168 valence electrons. The number of para-hydroxylation sites is 3. The Hall–Kier alpha value is -3.75. The number of carbonyl (C=O) groups excluding carboxylic acids is 1. The molecular weight excluding hydrogens is 466 g/mol. The molecule has 3 aromatic carbocycles. The molecule has 8 heteroatoms. The molecule has 6 nitrogen and oxygen atoms in total. The average molecular weight is 486 g/mol. The summed E-state index contributed by atoms with van der Waals surface area (Å²) in [5, 5.41) is 12.4. The van der Waals surface area contributed by atoms with Gasteiger partial charge in [-0.1, -0.05) is 78.6 Å². The molecule has 1 amide bonds. The van der Waals surface area contributed by atoms with Crippen molar-refractivity contribution in [3.63, 3.8) is 0 Å². The molecule has 5 rings (SSSR count). The standard InChI is InChI=1S/C26H19N3O3S2/c1-17-8-2-5-11-21(17)28-25(30)24(34-26(28)33)14-19-16-27(23-13-7-4-10-20(19)23)15-18-9-3-6-12-22(18)29(31)32/h2-14,16H,15H2,1H3. The zero-order chi connectivity index (χ0) is 23.8. The van der Waals surface area contributed by atoms with E-state index in [0.29, 0.717) is 21.3 Å². The topological polar surface area (TPSA) is 68.4 Å². The SMILES string of the molecule is Cc1ccccc1N1C(=O)C(=Cc2cn(Cc3ccccc3[N+](=O)[O-])c3ccccc23)SC1=S. The number of thiocarbonyl (C=S) groups is 1. The Labute approximate surface area is 205 Å². The van der Waals surface area contributed by atoms with Gasteiger partial charge in [-0.3, -0.25) is 19.8 Å². The van der Waals surface area contributed by atoms with Crippen molar-refractivity contribution in [1.82, 2.24) is 4.57 Å². The number of aryl methyl sites for hydroxylation is 1. The fraction of sp³-hybridized carbons (Fsp3) is 0.0769. The van der Waals surface area contributed by atoms with Crippen molar-refractivity contribution in [1.29, 1.82) is 0 Å². The second kappa shape index (κ2) is 8.89. The lowest BCUT2D eigenvalue weighted by Gasteiger charge is -2.16. The number of nitrogens with zero attached hydrogens (tertiary/aromatic N) is 3. The summed E-state index contributed by atoms with van der Waals surface area (Å²) in [7, 11) is 0. The van der Waals surface area contributed by atoms with Crippen LogP contribution < -0.4 is 4.90 Å². The van der Waals surface area contributed by atoms with E-state index in [4.69, 9.17) is 12.2 Å². The van der Waals surface area contributed by atoms with Gasteiger partial charge in [0.15, 0.2) is 4.32 Å². The highest BCUT2D eigenvalue weighted by molar-refractivity contribution is 8.27. The lowest BCUT2D eigenvalue weighted by Crippen LogP contribution is -2.28. The molecule has 1 aliphatic heterocycles. The normalized spacial score (nSPS) is 15.0. The molecule has 0 aliphatic carbocycles. The van der Waals surface area contributed by atoms with E-state index in [1.165, 1.54) is 17.8 Å². The van der Waals surface area contributed by atoms with Gasteiger partial charge in [-0.15, -0.1) is 0 Å². The zero-order valence-corrected chi connectivity index (χ0v) is 19.8. The number of hydrogen-bond donors (Lipinski definition) is 0. The van der Waals surface area contributed by atoms with Gasteiger partial charge in [0, 0.05) is 34.3 Å². The monoisotopic (exact) mass is 485 g/mol. The summed E-state index contributed by atoms with van der Waals surface area (Å²) in [6.07, 6.45) is 3.79. The van der Waals surface area contributed by atoms with Crippen LogP contribution in [-0.2, 0) is 11.3 Å². The number of carbonyl (C=O) groups is 1. The molecule has 0 saturated carbocycles. The van der Waals surface area contributed by atoms with Crippen LogP contribution in [0.4, 0.5) is 11.4 Å². The molecular formula is C26H19N3O3S2. The van der Waals surface area contributed by atoms with Gasteiger partial charge in [0.25, 0.3) is 11.6 Å². The Morgan fingerprint density at radius 3 is 2.53 bits per heavy atom. The Balaban J connectivity index is 1.55. The maximum absolute atomic E-state index is 13.3. The van der Waals surface area contributed by atoms with Gasteiger partial charge in [0.2, 0.25) is 0 Å². The van der Waals surface area contributed by atoms with E-state index >= 15 is 0 Å². The van der Waals surface area contributed by atoms with E-state index < -0.39 is 0 Å². The van der Waals surface area contributed by atoms with E-state index in [9.17, 15) is 14.9 Å². The minimum absolute atomic E-state index is 0.0842. The van der Waals surface area contributed by atoms with Crippen LogP contribution in [0.5, 0.6) is 0 Å². The number of benzene rings is 3. The van der Waals surface area contributed by atoms with Crippen molar-refractivity contribution in [2.45, 2.75) is 13.5 Å². The predicted molar refractivity (Wildman–Crippen MR) is 141 cm³/mol. The first-order valence-corrected chi connectivity index (χ1v) is 11.8. The molecule has 34 heavy (non-hydrogen) atoms. The summed E-state index contributed by atoms with van der Waals surface area (Å²) in [6.45, 7) is 2.30. The first-order chi connectivity index (χ1) is 16.4. The fourth-order valence-electron chi connectivity index (χ4n) is 4.16. The van der Waals surface area contributed by atoms with E-state index in [2.05, 4.69) is 0 Å². The van der Waals surface area contributed by atoms with Crippen molar-refractivity contribution in [2.24, 2.45) is 0 Å². The van der Waals surface area contributed by atoms with Gasteiger partial charge in [-0.25, -0.2) is 0 Å². The van der Waals surface area contributed by atoms with Crippen LogP contribution in [0.25, 0.3) is 17.0 Å². The highest BCUT2D eigenvalue weighted by atomic mass is 32.2. The number of aromatic nitrogens is 1. The van der Waals surface area contributed by atoms with Gasteiger partial charge in [-0.2, -0.15) is 0 Å². The molecule has 0 N–H and O–H groups in total. The summed E-state index contributed by atoms with van der Waals surface area (Å²) in [4.78, 5) is 26.5. The average Bonchev–Trinajstić information content (AvgIpc) is 3.31. The van der Waals surface area contributed by atoms with Crippen LogP contribution in [0.1, 0.15) is 16.7 Å².